The van der Waals surface area contributed by atoms with Gasteiger partial charge < -0.3 is 10.2 Å². The molecule has 2 nitrogen and oxygen atoms in total. The summed E-state index contributed by atoms with van der Waals surface area (Å²) in [6.45, 7) is 0.568. The molecule has 2 heteroatoms. The summed E-state index contributed by atoms with van der Waals surface area (Å²) in [7, 11) is 0. The Balaban J connectivity index is 2.10. The summed E-state index contributed by atoms with van der Waals surface area (Å²) >= 11 is 0. The summed E-state index contributed by atoms with van der Waals surface area (Å²) in [6, 6.07) is 0. The fourth-order valence-electron chi connectivity index (χ4n) is 3.31. The van der Waals surface area contributed by atoms with E-state index in [-0.39, 0.29) is 13.2 Å². The molecule has 12 heavy (non-hydrogen) atoms. The average Bonchev–Trinajstić information content (AvgIpc) is 2.36. The first-order chi connectivity index (χ1) is 5.86. The van der Waals surface area contributed by atoms with Gasteiger partial charge in [-0.05, 0) is 30.1 Å². The molecule has 0 aromatic rings. The number of hydrogen-bond acceptors (Lipinski definition) is 2. The molecule has 0 aromatic heterocycles. The molecule has 70 valence electrons. The maximum Gasteiger partial charge on any atom is 0.0465 e. The van der Waals surface area contributed by atoms with E-state index < -0.39 is 0 Å². The van der Waals surface area contributed by atoms with Crippen LogP contribution in [0, 0.1) is 23.7 Å². The molecule has 2 aliphatic carbocycles. The van der Waals surface area contributed by atoms with Gasteiger partial charge >= 0.3 is 0 Å². The largest absolute Gasteiger partial charge is 0.396 e. The monoisotopic (exact) mass is 170 g/mol. The molecule has 2 aliphatic rings. The minimum Gasteiger partial charge on any atom is -0.396 e. The molecule has 2 bridgehead atoms. The van der Waals surface area contributed by atoms with Crippen LogP contribution in [0.5, 0.6) is 0 Å². The Kier molecular flexibility index (Phi) is 2.37. The highest BCUT2D eigenvalue weighted by Crippen LogP contribution is 2.49. The molecule has 0 radical (unpaired) electrons. The van der Waals surface area contributed by atoms with E-state index in [0.717, 1.165) is 0 Å². The molecule has 2 rings (SSSR count). The maximum absolute atomic E-state index is 9.20. The molecule has 4 unspecified atom stereocenters. The number of fused-ring (bicyclic) bond motifs is 2. The molecule has 4 atom stereocenters. The van der Waals surface area contributed by atoms with Crippen LogP contribution in [0.25, 0.3) is 0 Å². The smallest absolute Gasteiger partial charge is 0.0465 e. The van der Waals surface area contributed by atoms with Crippen molar-refractivity contribution in [2.45, 2.75) is 25.7 Å². The Morgan fingerprint density at radius 2 is 1.42 bits per heavy atom. The highest BCUT2D eigenvalue weighted by Gasteiger charge is 2.43. The summed E-state index contributed by atoms with van der Waals surface area (Å²) in [6.07, 6.45) is 5.12. The van der Waals surface area contributed by atoms with Gasteiger partial charge in [-0.25, -0.2) is 0 Å². The lowest BCUT2D eigenvalue weighted by Gasteiger charge is -2.19. The number of aliphatic hydroxyl groups excluding tert-OH is 2. The van der Waals surface area contributed by atoms with Gasteiger partial charge in [0.2, 0.25) is 0 Å². The topological polar surface area (TPSA) is 40.5 Å². The predicted molar refractivity (Wildman–Crippen MR) is 46.6 cm³/mol. The Hall–Kier alpha value is -0.0800. The maximum atomic E-state index is 9.20. The summed E-state index contributed by atoms with van der Waals surface area (Å²) in [4.78, 5) is 0. The predicted octanol–water partition coefficient (Wildman–Crippen LogP) is 1.02. The molecular weight excluding hydrogens is 152 g/mol. The van der Waals surface area contributed by atoms with E-state index in [9.17, 15) is 10.2 Å². The van der Waals surface area contributed by atoms with E-state index in [2.05, 4.69) is 0 Å². The van der Waals surface area contributed by atoms with E-state index in [1.54, 1.807) is 0 Å². The van der Waals surface area contributed by atoms with Crippen molar-refractivity contribution in [1.29, 1.82) is 0 Å². The van der Waals surface area contributed by atoms with E-state index in [0.29, 0.717) is 23.7 Å². The molecular formula is C10H18O2. The van der Waals surface area contributed by atoms with Gasteiger partial charge in [-0.15, -0.1) is 0 Å². The van der Waals surface area contributed by atoms with Crippen LogP contribution in [0.2, 0.25) is 0 Å². The van der Waals surface area contributed by atoms with Crippen molar-refractivity contribution in [2.75, 3.05) is 13.2 Å². The van der Waals surface area contributed by atoms with Crippen molar-refractivity contribution < 1.29 is 10.2 Å². The molecule has 0 aliphatic heterocycles. The van der Waals surface area contributed by atoms with Crippen molar-refractivity contribution in [2.24, 2.45) is 23.7 Å². The second-order valence-electron chi connectivity index (χ2n) is 4.38. The molecule has 0 spiro atoms. The van der Waals surface area contributed by atoms with Gasteiger partial charge in [0, 0.05) is 13.2 Å². The highest BCUT2D eigenvalue weighted by atomic mass is 16.3. The normalized spacial score (nSPS) is 46.5. The third kappa shape index (κ3) is 1.17. The molecule has 2 saturated carbocycles. The minimum absolute atomic E-state index is 0.284. The van der Waals surface area contributed by atoms with Crippen molar-refractivity contribution >= 4 is 0 Å². The molecule has 0 heterocycles. The quantitative estimate of drug-likeness (QED) is 0.649. The molecule has 0 amide bonds. The van der Waals surface area contributed by atoms with Gasteiger partial charge in [0.05, 0.1) is 0 Å². The Morgan fingerprint density at radius 1 is 0.917 bits per heavy atom. The number of rotatable bonds is 2. The van der Waals surface area contributed by atoms with Crippen LogP contribution < -0.4 is 0 Å². The summed E-state index contributed by atoms with van der Waals surface area (Å²) in [5, 5.41) is 18.4. The summed E-state index contributed by atoms with van der Waals surface area (Å²) in [5.74, 6) is 2.24. The zero-order valence-electron chi connectivity index (χ0n) is 7.45. The first-order valence-electron chi connectivity index (χ1n) is 5.08. The Morgan fingerprint density at radius 3 is 1.83 bits per heavy atom. The molecule has 2 N–H and O–H groups in total. The van der Waals surface area contributed by atoms with Gasteiger partial charge in [-0.1, -0.05) is 19.3 Å². The van der Waals surface area contributed by atoms with Crippen LogP contribution in [-0.4, -0.2) is 23.4 Å². The van der Waals surface area contributed by atoms with Crippen molar-refractivity contribution in [1.82, 2.24) is 0 Å². The third-order valence-electron chi connectivity index (χ3n) is 3.94. The molecule has 0 saturated heterocycles. The SMILES string of the molecule is OCC1C2CCCC(C2)C1CO. The van der Waals surface area contributed by atoms with Crippen LogP contribution in [0.1, 0.15) is 25.7 Å². The van der Waals surface area contributed by atoms with E-state index in [1.165, 1.54) is 25.7 Å². The van der Waals surface area contributed by atoms with Gasteiger partial charge in [0.1, 0.15) is 0 Å². The first-order valence-corrected chi connectivity index (χ1v) is 5.08. The van der Waals surface area contributed by atoms with Crippen molar-refractivity contribution in [3.05, 3.63) is 0 Å². The standard InChI is InChI=1S/C10H18O2/c11-5-9-7-2-1-3-8(4-7)10(9)6-12/h7-12H,1-6H2. The van der Waals surface area contributed by atoms with Gasteiger partial charge in [0.25, 0.3) is 0 Å². The third-order valence-corrected chi connectivity index (χ3v) is 3.94. The lowest BCUT2D eigenvalue weighted by molar-refractivity contribution is 0.109. The minimum atomic E-state index is 0.284. The lowest BCUT2D eigenvalue weighted by atomic mass is 9.87. The van der Waals surface area contributed by atoms with Crippen LogP contribution >= 0.6 is 0 Å². The fourth-order valence-corrected chi connectivity index (χ4v) is 3.31. The fraction of sp³-hybridized carbons (Fsp3) is 1.00. The second-order valence-corrected chi connectivity index (χ2v) is 4.38. The van der Waals surface area contributed by atoms with Crippen molar-refractivity contribution in [3.63, 3.8) is 0 Å². The average molecular weight is 170 g/mol. The van der Waals surface area contributed by atoms with Gasteiger partial charge in [0.15, 0.2) is 0 Å². The highest BCUT2D eigenvalue weighted by molar-refractivity contribution is 4.93. The van der Waals surface area contributed by atoms with Crippen LogP contribution in [-0.2, 0) is 0 Å². The van der Waals surface area contributed by atoms with Crippen LogP contribution in [0.15, 0.2) is 0 Å². The molecule has 0 aromatic carbocycles. The number of hydrogen-bond donors (Lipinski definition) is 2. The van der Waals surface area contributed by atoms with Gasteiger partial charge in [-0.3, -0.25) is 0 Å². The summed E-state index contributed by atoms with van der Waals surface area (Å²) < 4.78 is 0. The van der Waals surface area contributed by atoms with Gasteiger partial charge in [-0.2, -0.15) is 0 Å². The Bertz CT molecular complexity index is 142. The van der Waals surface area contributed by atoms with E-state index >= 15 is 0 Å². The zero-order chi connectivity index (χ0) is 8.55. The van der Waals surface area contributed by atoms with E-state index in [1.807, 2.05) is 0 Å². The van der Waals surface area contributed by atoms with Crippen LogP contribution in [0.3, 0.4) is 0 Å². The first kappa shape index (κ1) is 8.52. The number of aliphatic hydroxyl groups is 2. The second kappa shape index (κ2) is 3.35. The Labute approximate surface area is 73.6 Å². The van der Waals surface area contributed by atoms with Crippen LogP contribution in [0.4, 0.5) is 0 Å². The zero-order valence-corrected chi connectivity index (χ0v) is 7.45. The lowest BCUT2D eigenvalue weighted by Crippen LogP contribution is -2.22. The van der Waals surface area contributed by atoms with Crippen molar-refractivity contribution in [3.8, 4) is 0 Å². The molecule has 2 fully saturated rings. The van der Waals surface area contributed by atoms with E-state index in [4.69, 9.17) is 0 Å². The summed E-state index contributed by atoms with van der Waals surface area (Å²) in [5.41, 5.74) is 0.